The summed E-state index contributed by atoms with van der Waals surface area (Å²) in [6, 6.07) is 0. The van der Waals surface area contributed by atoms with Crippen molar-refractivity contribution < 1.29 is 4.74 Å². The zero-order chi connectivity index (χ0) is 8.48. The number of hydrogen-bond donors (Lipinski definition) is 0. The van der Waals surface area contributed by atoms with Gasteiger partial charge in [-0.15, -0.1) is 0 Å². The zero-order valence-corrected chi connectivity index (χ0v) is 8.18. The van der Waals surface area contributed by atoms with Gasteiger partial charge in [0.2, 0.25) is 0 Å². The van der Waals surface area contributed by atoms with Gasteiger partial charge in [-0.1, -0.05) is 27.2 Å². The van der Waals surface area contributed by atoms with Gasteiger partial charge in [0.05, 0.1) is 6.10 Å². The molecule has 1 rings (SSSR count). The standard InChI is InChI=1S/C10H20O/c1-10(2,3)8-6-5-7-9(8)11-4/h8-9H,5-7H2,1-4H3/t8-,9+/m0/s1. The van der Waals surface area contributed by atoms with Crippen LogP contribution in [-0.2, 0) is 4.74 Å². The van der Waals surface area contributed by atoms with Gasteiger partial charge in [-0.05, 0) is 24.2 Å². The first kappa shape index (κ1) is 9.05. The monoisotopic (exact) mass is 156 g/mol. The molecule has 1 heteroatoms. The predicted molar refractivity (Wildman–Crippen MR) is 47.6 cm³/mol. The highest BCUT2D eigenvalue weighted by molar-refractivity contribution is 4.86. The first-order chi connectivity index (χ1) is 5.05. The van der Waals surface area contributed by atoms with Gasteiger partial charge in [-0.2, -0.15) is 0 Å². The Morgan fingerprint density at radius 1 is 1.18 bits per heavy atom. The molecule has 0 heterocycles. The molecule has 1 aliphatic rings. The molecule has 2 atom stereocenters. The van der Waals surface area contributed by atoms with E-state index in [1.54, 1.807) is 0 Å². The maximum Gasteiger partial charge on any atom is 0.0604 e. The predicted octanol–water partition coefficient (Wildman–Crippen LogP) is 2.85. The summed E-state index contributed by atoms with van der Waals surface area (Å²) in [5.41, 5.74) is 0.428. The van der Waals surface area contributed by atoms with Crippen LogP contribution in [0.5, 0.6) is 0 Å². The second-order valence-electron chi connectivity index (χ2n) is 4.68. The van der Waals surface area contributed by atoms with Crippen LogP contribution in [0.2, 0.25) is 0 Å². The zero-order valence-electron chi connectivity index (χ0n) is 8.18. The summed E-state index contributed by atoms with van der Waals surface area (Å²) in [5, 5.41) is 0. The third-order valence-electron chi connectivity index (χ3n) is 2.87. The molecule has 11 heavy (non-hydrogen) atoms. The van der Waals surface area contributed by atoms with Crippen molar-refractivity contribution in [3.63, 3.8) is 0 Å². The third-order valence-corrected chi connectivity index (χ3v) is 2.87. The normalized spacial score (nSPS) is 32.7. The second-order valence-corrected chi connectivity index (χ2v) is 4.68. The average Bonchev–Trinajstić information content (AvgIpc) is 2.31. The molecule has 0 amide bonds. The Bertz CT molecular complexity index is 123. The van der Waals surface area contributed by atoms with Crippen LogP contribution in [0, 0.1) is 11.3 Å². The summed E-state index contributed by atoms with van der Waals surface area (Å²) in [6.45, 7) is 6.94. The number of ether oxygens (including phenoxy) is 1. The van der Waals surface area contributed by atoms with E-state index in [1.165, 1.54) is 19.3 Å². The molecule has 1 saturated carbocycles. The van der Waals surface area contributed by atoms with Gasteiger partial charge >= 0.3 is 0 Å². The minimum Gasteiger partial charge on any atom is -0.381 e. The SMILES string of the molecule is CO[C@@H]1CCC[C@@H]1C(C)(C)C. The Labute approximate surface area is 70.1 Å². The van der Waals surface area contributed by atoms with Crippen LogP contribution in [0.1, 0.15) is 40.0 Å². The smallest absolute Gasteiger partial charge is 0.0604 e. The number of hydrogen-bond acceptors (Lipinski definition) is 1. The van der Waals surface area contributed by atoms with Crippen molar-refractivity contribution >= 4 is 0 Å². The molecule has 0 bridgehead atoms. The highest BCUT2D eigenvalue weighted by Gasteiger charge is 2.35. The van der Waals surface area contributed by atoms with Gasteiger partial charge in [0, 0.05) is 7.11 Å². The van der Waals surface area contributed by atoms with E-state index in [0.29, 0.717) is 11.5 Å². The van der Waals surface area contributed by atoms with Crippen LogP contribution < -0.4 is 0 Å². The summed E-state index contributed by atoms with van der Waals surface area (Å²) in [7, 11) is 1.84. The van der Waals surface area contributed by atoms with E-state index in [1.807, 2.05) is 7.11 Å². The fourth-order valence-electron chi connectivity index (χ4n) is 2.20. The molecule has 0 unspecified atom stereocenters. The van der Waals surface area contributed by atoms with Crippen molar-refractivity contribution in [3.8, 4) is 0 Å². The second kappa shape index (κ2) is 3.14. The van der Waals surface area contributed by atoms with Gasteiger partial charge < -0.3 is 4.74 Å². The summed E-state index contributed by atoms with van der Waals surface area (Å²) in [6.07, 6.45) is 4.48. The third kappa shape index (κ3) is 1.96. The molecule has 0 spiro atoms. The van der Waals surface area contributed by atoms with Crippen molar-refractivity contribution in [2.75, 3.05) is 7.11 Å². The molecule has 0 aromatic heterocycles. The molecule has 1 nitrogen and oxygen atoms in total. The van der Waals surface area contributed by atoms with Gasteiger partial charge in [0.15, 0.2) is 0 Å². The Hall–Kier alpha value is -0.0400. The van der Waals surface area contributed by atoms with Crippen molar-refractivity contribution in [3.05, 3.63) is 0 Å². The lowest BCUT2D eigenvalue weighted by atomic mass is 9.78. The van der Waals surface area contributed by atoms with Crippen LogP contribution >= 0.6 is 0 Å². The fourth-order valence-corrected chi connectivity index (χ4v) is 2.20. The first-order valence-corrected chi connectivity index (χ1v) is 4.58. The van der Waals surface area contributed by atoms with Gasteiger partial charge in [-0.3, -0.25) is 0 Å². The van der Waals surface area contributed by atoms with E-state index >= 15 is 0 Å². The number of methoxy groups -OCH3 is 1. The molecule has 66 valence electrons. The molecule has 0 aromatic carbocycles. The quantitative estimate of drug-likeness (QED) is 0.567. The Balaban J connectivity index is 2.57. The lowest BCUT2D eigenvalue weighted by molar-refractivity contribution is 0.0267. The maximum atomic E-state index is 5.45. The fraction of sp³-hybridized carbons (Fsp3) is 1.00. The van der Waals surface area contributed by atoms with E-state index in [2.05, 4.69) is 20.8 Å². The summed E-state index contributed by atoms with van der Waals surface area (Å²) in [5.74, 6) is 0.771. The molecule has 0 N–H and O–H groups in total. The van der Waals surface area contributed by atoms with E-state index < -0.39 is 0 Å². The van der Waals surface area contributed by atoms with E-state index in [0.717, 1.165) is 5.92 Å². The lowest BCUT2D eigenvalue weighted by Crippen LogP contribution is -2.28. The molecular weight excluding hydrogens is 136 g/mol. The van der Waals surface area contributed by atoms with E-state index in [-0.39, 0.29) is 0 Å². The van der Waals surface area contributed by atoms with Gasteiger partial charge in [-0.25, -0.2) is 0 Å². The van der Waals surface area contributed by atoms with Crippen molar-refractivity contribution in [2.24, 2.45) is 11.3 Å². The minimum absolute atomic E-state index is 0.428. The molecular formula is C10H20O. The van der Waals surface area contributed by atoms with Crippen LogP contribution in [0.15, 0.2) is 0 Å². The van der Waals surface area contributed by atoms with Crippen LogP contribution in [0.4, 0.5) is 0 Å². The van der Waals surface area contributed by atoms with Gasteiger partial charge in [0.25, 0.3) is 0 Å². The highest BCUT2D eigenvalue weighted by atomic mass is 16.5. The molecule has 0 saturated heterocycles. The first-order valence-electron chi connectivity index (χ1n) is 4.58. The molecule has 0 aromatic rings. The Kier molecular flexibility index (Phi) is 2.58. The van der Waals surface area contributed by atoms with Crippen LogP contribution in [0.25, 0.3) is 0 Å². The largest absolute Gasteiger partial charge is 0.381 e. The maximum absolute atomic E-state index is 5.45. The molecule has 0 radical (unpaired) electrons. The average molecular weight is 156 g/mol. The summed E-state index contributed by atoms with van der Waals surface area (Å²) < 4.78 is 5.45. The van der Waals surface area contributed by atoms with Crippen LogP contribution in [-0.4, -0.2) is 13.2 Å². The summed E-state index contributed by atoms with van der Waals surface area (Å²) in [4.78, 5) is 0. The molecule has 0 aliphatic heterocycles. The topological polar surface area (TPSA) is 9.23 Å². The molecule has 1 fully saturated rings. The van der Waals surface area contributed by atoms with Gasteiger partial charge in [0.1, 0.15) is 0 Å². The van der Waals surface area contributed by atoms with Crippen molar-refractivity contribution in [1.29, 1.82) is 0 Å². The Morgan fingerprint density at radius 3 is 2.18 bits per heavy atom. The highest BCUT2D eigenvalue weighted by Crippen LogP contribution is 2.40. The van der Waals surface area contributed by atoms with E-state index in [4.69, 9.17) is 4.74 Å². The van der Waals surface area contributed by atoms with E-state index in [9.17, 15) is 0 Å². The molecule has 1 aliphatic carbocycles. The van der Waals surface area contributed by atoms with Crippen molar-refractivity contribution in [1.82, 2.24) is 0 Å². The van der Waals surface area contributed by atoms with Crippen LogP contribution in [0.3, 0.4) is 0 Å². The Morgan fingerprint density at radius 2 is 1.82 bits per heavy atom. The van der Waals surface area contributed by atoms with Crippen molar-refractivity contribution in [2.45, 2.75) is 46.1 Å². The lowest BCUT2D eigenvalue weighted by Gasteiger charge is -2.31. The number of rotatable bonds is 1. The summed E-state index contributed by atoms with van der Waals surface area (Å²) >= 11 is 0. The minimum atomic E-state index is 0.428.